The minimum absolute atomic E-state index is 0.0235. The summed E-state index contributed by atoms with van der Waals surface area (Å²) in [7, 11) is 0. The molecule has 6 heteroatoms. The Morgan fingerprint density at radius 1 is 1.14 bits per heavy atom. The van der Waals surface area contributed by atoms with Gasteiger partial charge < -0.3 is 0 Å². The molecule has 21 heavy (non-hydrogen) atoms. The van der Waals surface area contributed by atoms with E-state index in [4.69, 9.17) is 0 Å². The van der Waals surface area contributed by atoms with Crippen LogP contribution in [0.1, 0.15) is 49.3 Å². The van der Waals surface area contributed by atoms with E-state index in [-0.39, 0.29) is 11.6 Å². The molecule has 1 unspecified atom stereocenters. The van der Waals surface area contributed by atoms with Crippen molar-refractivity contribution in [1.29, 1.82) is 5.26 Å². The Balaban J connectivity index is 2.21. The fourth-order valence-electron chi connectivity index (χ4n) is 2.66. The van der Waals surface area contributed by atoms with Crippen LogP contribution in [0.4, 0.5) is 17.6 Å². The largest absolute Gasteiger partial charge is 0.416 e. The van der Waals surface area contributed by atoms with Gasteiger partial charge in [-0.05, 0) is 36.6 Å². The predicted octanol–water partition coefficient (Wildman–Crippen LogP) is 4.33. The molecule has 0 amide bonds. The molecule has 0 bridgehead atoms. The Hall–Kier alpha value is -1.61. The molecule has 1 aromatic rings. The van der Waals surface area contributed by atoms with Crippen molar-refractivity contribution in [2.24, 2.45) is 0 Å². The van der Waals surface area contributed by atoms with Crippen molar-refractivity contribution < 1.29 is 17.6 Å². The van der Waals surface area contributed by atoms with Crippen LogP contribution in [0.5, 0.6) is 0 Å². The van der Waals surface area contributed by atoms with Crippen LogP contribution in [0.15, 0.2) is 18.2 Å². The molecule has 2 rings (SSSR count). The quantitative estimate of drug-likeness (QED) is 0.843. The first-order chi connectivity index (χ1) is 9.90. The molecular weight excluding hydrogens is 284 g/mol. The monoisotopic (exact) mass is 300 g/mol. The zero-order valence-corrected chi connectivity index (χ0v) is 11.4. The van der Waals surface area contributed by atoms with Gasteiger partial charge in [-0.15, -0.1) is 0 Å². The van der Waals surface area contributed by atoms with Crippen molar-refractivity contribution in [3.05, 3.63) is 35.1 Å². The number of rotatable bonds is 3. The molecule has 1 fully saturated rings. The van der Waals surface area contributed by atoms with Crippen molar-refractivity contribution in [3.63, 3.8) is 0 Å². The lowest BCUT2D eigenvalue weighted by atomic mass is 9.94. The fraction of sp³-hybridized carbons (Fsp3) is 0.533. The summed E-state index contributed by atoms with van der Waals surface area (Å²) in [5, 5.41) is 12.2. The molecule has 1 aliphatic rings. The van der Waals surface area contributed by atoms with E-state index in [1.165, 1.54) is 0 Å². The molecule has 1 aromatic carbocycles. The number of nitrogens with zero attached hydrogens (tertiary/aromatic N) is 1. The number of hydrogen-bond acceptors (Lipinski definition) is 2. The molecule has 1 aliphatic carbocycles. The van der Waals surface area contributed by atoms with Crippen LogP contribution in [0.3, 0.4) is 0 Å². The molecule has 0 heterocycles. The maximum atomic E-state index is 13.4. The summed E-state index contributed by atoms with van der Waals surface area (Å²) in [6.45, 7) is 0. The van der Waals surface area contributed by atoms with E-state index in [1.54, 1.807) is 0 Å². The second kappa shape index (κ2) is 6.44. The average Bonchev–Trinajstić information content (AvgIpc) is 2.44. The Morgan fingerprint density at radius 2 is 1.81 bits per heavy atom. The number of nitriles is 1. The summed E-state index contributed by atoms with van der Waals surface area (Å²) in [5.74, 6) is -0.981. The van der Waals surface area contributed by atoms with Gasteiger partial charge in [0, 0.05) is 6.04 Å². The molecule has 0 saturated heterocycles. The number of halogens is 4. The number of hydrogen-bond donors (Lipinski definition) is 1. The molecule has 114 valence electrons. The van der Waals surface area contributed by atoms with Gasteiger partial charge in [0.05, 0.1) is 11.6 Å². The van der Waals surface area contributed by atoms with Gasteiger partial charge in [0.1, 0.15) is 11.9 Å². The van der Waals surface area contributed by atoms with E-state index in [1.807, 2.05) is 6.07 Å². The number of alkyl halides is 3. The van der Waals surface area contributed by atoms with Crippen molar-refractivity contribution in [1.82, 2.24) is 5.32 Å². The average molecular weight is 300 g/mol. The Morgan fingerprint density at radius 3 is 2.38 bits per heavy atom. The van der Waals surface area contributed by atoms with Gasteiger partial charge in [-0.2, -0.15) is 18.4 Å². The highest BCUT2D eigenvalue weighted by atomic mass is 19.4. The highest BCUT2D eigenvalue weighted by Gasteiger charge is 2.32. The molecular formula is C15H16F4N2. The highest BCUT2D eigenvalue weighted by molar-refractivity contribution is 5.31. The van der Waals surface area contributed by atoms with E-state index in [9.17, 15) is 22.8 Å². The van der Waals surface area contributed by atoms with Gasteiger partial charge >= 0.3 is 6.18 Å². The molecule has 1 saturated carbocycles. The van der Waals surface area contributed by atoms with E-state index >= 15 is 0 Å². The predicted molar refractivity (Wildman–Crippen MR) is 69.8 cm³/mol. The van der Waals surface area contributed by atoms with Crippen molar-refractivity contribution in [2.75, 3.05) is 0 Å². The first-order valence-corrected chi connectivity index (χ1v) is 6.93. The maximum Gasteiger partial charge on any atom is 0.416 e. The molecule has 0 spiro atoms. The van der Waals surface area contributed by atoms with E-state index in [0.29, 0.717) is 6.07 Å². The maximum absolute atomic E-state index is 13.4. The summed E-state index contributed by atoms with van der Waals surface area (Å²) in [4.78, 5) is 0. The molecule has 0 aliphatic heterocycles. The van der Waals surface area contributed by atoms with Gasteiger partial charge in [0.15, 0.2) is 0 Å². The van der Waals surface area contributed by atoms with Crippen LogP contribution in [0.25, 0.3) is 0 Å². The SMILES string of the molecule is N#CC(NC1CCCCC1)c1cc(F)cc(C(F)(F)F)c1. The topological polar surface area (TPSA) is 35.8 Å². The molecule has 1 atom stereocenters. The van der Waals surface area contributed by atoms with Gasteiger partial charge in [0.25, 0.3) is 0 Å². The zero-order valence-electron chi connectivity index (χ0n) is 11.4. The Bertz CT molecular complexity index is 527. The molecule has 1 N–H and O–H groups in total. The molecule has 0 aromatic heterocycles. The second-order valence-corrected chi connectivity index (χ2v) is 5.33. The minimum atomic E-state index is -4.62. The number of nitrogens with one attached hydrogen (secondary N) is 1. The minimum Gasteiger partial charge on any atom is -0.295 e. The van der Waals surface area contributed by atoms with Crippen molar-refractivity contribution >= 4 is 0 Å². The van der Waals surface area contributed by atoms with E-state index in [2.05, 4.69) is 5.32 Å². The first kappa shape index (κ1) is 15.8. The van der Waals surface area contributed by atoms with Crippen LogP contribution < -0.4 is 5.32 Å². The lowest BCUT2D eigenvalue weighted by Gasteiger charge is -2.25. The fourth-order valence-corrected chi connectivity index (χ4v) is 2.66. The zero-order chi connectivity index (χ0) is 15.5. The summed E-state index contributed by atoms with van der Waals surface area (Å²) in [6.07, 6.45) is 0.355. The summed E-state index contributed by atoms with van der Waals surface area (Å²) < 4.78 is 51.5. The van der Waals surface area contributed by atoms with Gasteiger partial charge in [-0.25, -0.2) is 4.39 Å². The third kappa shape index (κ3) is 4.18. The lowest BCUT2D eigenvalue weighted by Crippen LogP contribution is -2.34. The first-order valence-electron chi connectivity index (χ1n) is 6.93. The van der Waals surface area contributed by atoms with Gasteiger partial charge in [-0.1, -0.05) is 19.3 Å². The lowest BCUT2D eigenvalue weighted by molar-refractivity contribution is -0.137. The molecule has 2 nitrogen and oxygen atoms in total. The summed E-state index contributed by atoms with van der Waals surface area (Å²) in [6, 6.07) is 3.37. The summed E-state index contributed by atoms with van der Waals surface area (Å²) in [5.41, 5.74) is -1.04. The van der Waals surface area contributed by atoms with Crippen LogP contribution in [0, 0.1) is 17.1 Å². The highest BCUT2D eigenvalue weighted by Crippen LogP contribution is 2.32. The standard InChI is InChI=1S/C15H16F4N2/c16-12-7-10(6-11(8-12)15(17,18)19)14(9-20)21-13-4-2-1-3-5-13/h6-8,13-14,21H,1-5H2. The Labute approximate surface area is 120 Å². The van der Waals surface area contributed by atoms with Crippen molar-refractivity contribution in [3.8, 4) is 6.07 Å². The smallest absolute Gasteiger partial charge is 0.295 e. The summed E-state index contributed by atoms with van der Waals surface area (Å²) >= 11 is 0. The van der Waals surface area contributed by atoms with E-state index < -0.39 is 23.6 Å². The van der Waals surface area contributed by atoms with Crippen LogP contribution >= 0.6 is 0 Å². The van der Waals surface area contributed by atoms with Gasteiger partial charge in [0.2, 0.25) is 0 Å². The van der Waals surface area contributed by atoms with Crippen LogP contribution in [-0.2, 0) is 6.18 Å². The Kier molecular flexibility index (Phi) is 4.84. The van der Waals surface area contributed by atoms with Gasteiger partial charge in [-0.3, -0.25) is 5.32 Å². The third-order valence-corrected chi connectivity index (χ3v) is 3.72. The third-order valence-electron chi connectivity index (χ3n) is 3.72. The van der Waals surface area contributed by atoms with E-state index in [0.717, 1.165) is 44.2 Å². The van der Waals surface area contributed by atoms with Crippen LogP contribution in [0.2, 0.25) is 0 Å². The normalized spacial score (nSPS) is 18.2. The molecule has 0 radical (unpaired) electrons. The van der Waals surface area contributed by atoms with Crippen LogP contribution in [-0.4, -0.2) is 6.04 Å². The van der Waals surface area contributed by atoms with Crippen molar-refractivity contribution in [2.45, 2.75) is 50.4 Å². The second-order valence-electron chi connectivity index (χ2n) is 5.33. The number of benzene rings is 1.